The van der Waals surface area contributed by atoms with E-state index >= 15 is 0 Å². The molecule has 14 nitrogen and oxygen atoms in total. The first-order valence-electron chi connectivity index (χ1n) is 11.3. The van der Waals surface area contributed by atoms with Gasteiger partial charge in [0.05, 0.1) is 6.33 Å². The summed E-state index contributed by atoms with van der Waals surface area (Å²) in [5.74, 6) is 0.529. The maximum atomic E-state index is 12.2. The van der Waals surface area contributed by atoms with E-state index in [-0.39, 0.29) is 0 Å². The lowest BCUT2D eigenvalue weighted by atomic mass is 10.1. The van der Waals surface area contributed by atoms with E-state index in [0.717, 1.165) is 10.6 Å². The van der Waals surface area contributed by atoms with Gasteiger partial charge in [0.2, 0.25) is 5.91 Å². The number of rotatable bonds is 9. The summed E-state index contributed by atoms with van der Waals surface area (Å²) < 4.78 is 13.2. The van der Waals surface area contributed by atoms with Crippen LogP contribution in [0.15, 0.2) is 47.5 Å². The highest BCUT2D eigenvalue weighted by Crippen LogP contribution is 2.34. The molecule has 1 fully saturated rings. The maximum absolute atomic E-state index is 12.2. The summed E-state index contributed by atoms with van der Waals surface area (Å²) in [4.78, 5) is 32.2. The van der Waals surface area contributed by atoms with Crippen molar-refractivity contribution in [2.75, 3.05) is 12.4 Å². The van der Waals surface area contributed by atoms with Crippen molar-refractivity contribution in [1.29, 1.82) is 0 Å². The average molecular weight is 557 g/mol. The lowest BCUT2D eigenvalue weighted by molar-refractivity contribution is -0.134. The topological polar surface area (TPSA) is 185 Å². The van der Waals surface area contributed by atoms with Gasteiger partial charge in [-0.25, -0.2) is 19.9 Å². The number of carbonyl (C=O) groups is 1. The lowest BCUT2D eigenvalue weighted by Crippen LogP contribution is -2.40. The largest absolute Gasteiger partial charge is 0.486 e. The summed E-state index contributed by atoms with van der Waals surface area (Å²) in [5.41, 5.74) is 10.4. The molecule has 1 aliphatic heterocycles. The molecule has 38 heavy (non-hydrogen) atoms. The first-order valence-corrected chi connectivity index (χ1v) is 12.6. The average Bonchev–Trinajstić information content (AvgIpc) is 3.67. The van der Waals surface area contributed by atoms with E-state index in [1.807, 2.05) is 5.38 Å². The molecule has 16 heteroatoms. The Labute approximate surface area is 224 Å². The molecule has 1 aromatic carbocycles. The van der Waals surface area contributed by atoms with Crippen molar-refractivity contribution in [3.05, 3.63) is 68.5 Å². The molecule has 1 aliphatic rings. The van der Waals surface area contributed by atoms with Crippen LogP contribution in [-0.2, 0) is 22.7 Å². The van der Waals surface area contributed by atoms with Crippen LogP contribution in [0.4, 0.5) is 5.82 Å². The van der Waals surface area contributed by atoms with Crippen molar-refractivity contribution >= 4 is 45.8 Å². The Hall–Kier alpha value is -4.01. The Balaban J connectivity index is 1.38. The van der Waals surface area contributed by atoms with Gasteiger partial charge in [-0.3, -0.25) is 9.36 Å². The molecule has 3 N–H and O–H groups in total. The van der Waals surface area contributed by atoms with Crippen LogP contribution in [0.1, 0.15) is 16.8 Å². The van der Waals surface area contributed by atoms with Gasteiger partial charge in [-0.15, -0.1) is 11.3 Å². The Morgan fingerprint density at radius 1 is 1.37 bits per heavy atom. The smallest absolute Gasteiger partial charge is 0.249 e. The first-order chi connectivity index (χ1) is 18.5. The highest BCUT2D eigenvalue weighted by atomic mass is 35.5. The fourth-order valence-corrected chi connectivity index (χ4v) is 4.80. The molecule has 196 valence electrons. The Bertz CT molecular complexity index is 1490. The number of hydrogen-bond donors (Lipinski definition) is 3. The number of aliphatic hydroxyl groups is 1. The number of nitrogens with zero attached hydrogens (tertiary/aromatic N) is 8. The van der Waals surface area contributed by atoms with Gasteiger partial charge in [0.25, 0.3) is 0 Å². The van der Waals surface area contributed by atoms with E-state index < -0.39 is 30.4 Å². The SMILES string of the molecule is CNC(=O)[C@H]1O[C@@H](n2cnc3c(NCc4cc(Cl)ccc4OCc4nccs4)ncnc32)[C@H](O)[C@@H]1N=[N+]=[N-]. The number of aliphatic hydroxyl groups excluding tert-OH is 1. The molecule has 4 atom stereocenters. The minimum atomic E-state index is -1.32. The van der Waals surface area contributed by atoms with Gasteiger partial charge in [-0.1, -0.05) is 16.7 Å². The number of aromatic nitrogens is 5. The second kappa shape index (κ2) is 11.2. The van der Waals surface area contributed by atoms with E-state index in [4.69, 9.17) is 26.6 Å². The number of likely N-dealkylation sites (N-methyl/N-ethyl adjacent to an activating group) is 1. The lowest BCUT2D eigenvalue weighted by Gasteiger charge is -2.17. The summed E-state index contributed by atoms with van der Waals surface area (Å²) in [5, 5.41) is 23.3. The minimum Gasteiger partial charge on any atom is -0.486 e. The molecule has 5 rings (SSSR count). The van der Waals surface area contributed by atoms with Gasteiger partial charge in [-0.2, -0.15) is 0 Å². The van der Waals surface area contributed by atoms with Crippen LogP contribution >= 0.6 is 22.9 Å². The van der Waals surface area contributed by atoms with E-state index in [9.17, 15) is 9.90 Å². The minimum absolute atomic E-state index is 0.312. The number of thiazole rings is 1. The van der Waals surface area contributed by atoms with Crippen molar-refractivity contribution in [1.82, 2.24) is 29.8 Å². The summed E-state index contributed by atoms with van der Waals surface area (Å²) in [6.45, 7) is 0.638. The van der Waals surface area contributed by atoms with E-state index in [0.29, 0.717) is 40.9 Å². The third kappa shape index (κ3) is 5.05. The predicted molar refractivity (Wildman–Crippen MR) is 137 cm³/mol. The Kier molecular flexibility index (Phi) is 7.53. The molecule has 4 heterocycles. The third-order valence-corrected chi connectivity index (χ3v) is 6.85. The van der Waals surface area contributed by atoms with Crippen LogP contribution in [0.5, 0.6) is 5.75 Å². The first kappa shape index (κ1) is 25.6. The molecule has 1 amide bonds. The zero-order valence-electron chi connectivity index (χ0n) is 19.8. The number of ether oxygens (including phenoxy) is 2. The standard InChI is InChI=1S/C22H21ClN10O4S/c1-25-21(35)18-15(31-32-24)17(34)22(37-18)33-10-30-16-19(28-9-29-20(16)33)27-7-11-6-12(23)2-3-13(11)36-8-14-26-4-5-38-14/h2-6,9-10,15,17-18,22,34H,7-8H2,1H3,(H,25,35)(H,27,28,29)/t15-,17+,18-,22+/m0/s1. The molecule has 3 aromatic heterocycles. The normalized spacial score (nSPS) is 20.7. The molecule has 0 radical (unpaired) electrons. The van der Waals surface area contributed by atoms with Crippen LogP contribution < -0.4 is 15.4 Å². The maximum Gasteiger partial charge on any atom is 0.249 e. The number of anilines is 1. The number of imidazole rings is 1. The van der Waals surface area contributed by atoms with Crippen LogP contribution in [0.3, 0.4) is 0 Å². The molecule has 0 aliphatic carbocycles. The fourth-order valence-electron chi connectivity index (χ4n) is 4.07. The van der Waals surface area contributed by atoms with E-state index in [1.165, 1.54) is 35.6 Å². The summed E-state index contributed by atoms with van der Waals surface area (Å²) in [6.07, 6.45) is 0.903. The van der Waals surface area contributed by atoms with Gasteiger partial charge < -0.3 is 25.2 Å². The molecule has 1 saturated heterocycles. The zero-order chi connectivity index (χ0) is 26.6. The van der Waals surface area contributed by atoms with Gasteiger partial charge in [-0.05, 0) is 23.7 Å². The summed E-state index contributed by atoms with van der Waals surface area (Å²) >= 11 is 7.73. The Morgan fingerprint density at radius 2 is 2.24 bits per heavy atom. The molecule has 4 aromatic rings. The number of nitrogens with one attached hydrogen (secondary N) is 2. The number of benzene rings is 1. The molecule has 0 saturated carbocycles. The van der Waals surface area contributed by atoms with Crippen molar-refractivity contribution in [3.63, 3.8) is 0 Å². The monoisotopic (exact) mass is 556 g/mol. The van der Waals surface area contributed by atoms with Crippen molar-refractivity contribution in [2.24, 2.45) is 5.11 Å². The zero-order valence-corrected chi connectivity index (χ0v) is 21.4. The predicted octanol–water partition coefficient (Wildman–Crippen LogP) is 2.81. The number of fused-ring (bicyclic) bond motifs is 1. The summed E-state index contributed by atoms with van der Waals surface area (Å²) in [6, 6.07) is 4.20. The number of azide groups is 1. The number of halogens is 1. The second-order valence-corrected chi connectivity index (χ2v) is 9.53. The number of carbonyl (C=O) groups excluding carboxylic acids is 1. The summed E-state index contributed by atoms with van der Waals surface area (Å²) in [7, 11) is 1.42. The van der Waals surface area contributed by atoms with E-state index in [2.05, 4.69) is 40.6 Å². The van der Waals surface area contributed by atoms with Crippen LogP contribution in [0, 0.1) is 0 Å². The Morgan fingerprint density at radius 3 is 3.00 bits per heavy atom. The van der Waals surface area contributed by atoms with Gasteiger partial charge in [0, 0.05) is 40.7 Å². The highest BCUT2D eigenvalue weighted by Gasteiger charge is 2.48. The van der Waals surface area contributed by atoms with E-state index in [1.54, 1.807) is 24.4 Å². The quantitative estimate of drug-likeness (QED) is 0.158. The van der Waals surface area contributed by atoms with Crippen molar-refractivity contribution in [3.8, 4) is 5.75 Å². The number of hydrogen-bond acceptors (Lipinski definition) is 11. The van der Waals surface area contributed by atoms with Crippen LogP contribution in [0.25, 0.3) is 21.6 Å². The van der Waals surface area contributed by atoms with Gasteiger partial charge >= 0.3 is 0 Å². The number of amides is 1. The molecule has 0 spiro atoms. The molecule has 0 bridgehead atoms. The van der Waals surface area contributed by atoms with Crippen molar-refractivity contribution < 1.29 is 19.4 Å². The van der Waals surface area contributed by atoms with Crippen LogP contribution in [-0.4, -0.2) is 60.8 Å². The second-order valence-electron chi connectivity index (χ2n) is 8.11. The van der Waals surface area contributed by atoms with Crippen LogP contribution in [0.2, 0.25) is 5.02 Å². The van der Waals surface area contributed by atoms with Crippen molar-refractivity contribution in [2.45, 2.75) is 37.6 Å². The molecular weight excluding hydrogens is 536 g/mol. The van der Waals surface area contributed by atoms with Gasteiger partial charge in [0.15, 0.2) is 23.2 Å². The fraction of sp³-hybridized carbons (Fsp3) is 0.318. The molecular formula is C22H21ClN10O4S. The third-order valence-electron chi connectivity index (χ3n) is 5.86. The highest BCUT2D eigenvalue weighted by molar-refractivity contribution is 7.09. The van der Waals surface area contributed by atoms with Gasteiger partial charge in [0.1, 0.15) is 41.9 Å². The molecule has 0 unspecified atom stereocenters.